The lowest BCUT2D eigenvalue weighted by atomic mass is 10.1. The Hall–Kier alpha value is -1.36. The van der Waals surface area contributed by atoms with Crippen molar-refractivity contribution in [3.63, 3.8) is 0 Å². The van der Waals surface area contributed by atoms with Crippen molar-refractivity contribution >= 4 is 5.91 Å². The number of carbonyl (C=O) groups excluding carboxylic acids is 1. The second-order valence-corrected chi connectivity index (χ2v) is 4.64. The zero-order valence-corrected chi connectivity index (χ0v) is 10.6. The third kappa shape index (κ3) is 2.85. The van der Waals surface area contributed by atoms with Gasteiger partial charge in [0.25, 0.3) is 0 Å². The average Bonchev–Trinajstić information content (AvgIpc) is 2.60. The van der Waals surface area contributed by atoms with Crippen LogP contribution in [0.3, 0.4) is 0 Å². The number of aromatic nitrogens is 1. The molecule has 0 radical (unpaired) electrons. The Morgan fingerprint density at radius 3 is 2.88 bits per heavy atom. The predicted molar refractivity (Wildman–Crippen MR) is 63.5 cm³/mol. The number of carbonyl (C=O) groups is 1. The number of piperidine rings is 1. The van der Waals surface area contributed by atoms with Crippen molar-refractivity contribution < 1.29 is 9.21 Å². The van der Waals surface area contributed by atoms with Gasteiger partial charge in [-0.25, -0.2) is 4.98 Å². The summed E-state index contributed by atoms with van der Waals surface area (Å²) < 4.78 is 5.50. The Kier molecular flexibility index (Phi) is 3.47. The van der Waals surface area contributed by atoms with E-state index in [1.807, 2.05) is 20.9 Å². The molecule has 1 aliphatic heterocycles. The molecule has 94 valence electrons. The van der Waals surface area contributed by atoms with Gasteiger partial charge < -0.3 is 14.6 Å². The molecule has 1 amide bonds. The summed E-state index contributed by atoms with van der Waals surface area (Å²) in [6.45, 7) is 5.24. The number of amides is 1. The van der Waals surface area contributed by atoms with Crippen molar-refractivity contribution in [1.29, 1.82) is 0 Å². The fraction of sp³-hybridized carbons (Fsp3) is 0.667. The summed E-state index contributed by atoms with van der Waals surface area (Å²) in [6.07, 6.45) is 1.51. The first kappa shape index (κ1) is 12.1. The molecule has 1 saturated heterocycles. The number of aryl methyl sites for hydroxylation is 2. The third-order valence-electron chi connectivity index (χ3n) is 3.24. The molecular weight excluding hydrogens is 218 g/mol. The summed E-state index contributed by atoms with van der Waals surface area (Å²) >= 11 is 0. The molecule has 2 rings (SSSR count). The molecule has 1 fully saturated rings. The van der Waals surface area contributed by atoms with Gasteiger partial charge in [0.05, 0.1) is 12.2 Å². The van der Waals surface area contributed by atoms with Crippen molar-refractivity contribution in [2.24, 2.45) is 0 Å². The first-order chi connectivity index (χ1) is 8.06. The Bertz CT molecular complexity index is 394. The highest BCUT2D eigenvalue weighted by Crippen LogP contribution is 2.12. The van der Waals surface area contributed by atoms with Crippen molar-refractivity contribution in [3.05, 3.63) is 17.3 Å². The van der Waals surface area contributed by atoms with Crippen LogP contribution in [0.4, 0.5) is 0 Å². The summed E-state index contributed by atoms with van der Waals surface area (Å²) in [6, 6.07) is 0.338. The Balaban J connectivity index is 1.84. The molecule has 5 nitrogen and oxygen atoms in total. The summed E-state index contributed by atoms with van der Waals surface area (Å²) in [7, 11) is 1.84. The maximum atomic E-state index is 11.3. The lowest BCUT2D eigenvalue weighted by Gasteiger charge is -2.29. The molecule has 1 unspecified atom stereocenters. The summed E-state index contributed by atoms with van der Waals surface area (Å²) in [4.78, 5) is 17.4. The first-order valence-electron chi connectivity index (χ1n) is 5.96. The van der Waals surface area contributed by atoms with Gasteiger partial charge in [-0.1, -0.05) is 0 Å². The van der Waals surface area contributed by atoms with E-state index >= 15 is 0 Å². The molecule has 17 heavy (non-hydrogen) atoms. The molecule has 2 heterocycles. The van der Waals surface area contributed by atoms with Crippen LogP contribution >= 0.6 is 0 Å². The van der Waals surface area contributed by atoms with E-state index in [0.717, 1.165) is 30.3 Å². The molecule has 1 aromatic heterocycles. The zero-order chi connectivity index (χ0) is 12.4. The number of nitrogens with one attached hydrogen (secondary N) is 1. The minimum Gasteiger partial charge on any atom is -0.444 e. The molecule has 0 bridgehead atoms. The maximum absolute atomic E-state index is 11.3. The number of rotatable bonds is 3. The second kappa shape index (κ2) is 4.87. The fourth-order valence-corrected chi connectivity index (χ4v) is 2.03. The van der Waals surface area contributed by atoms with Crippen LogP contribution in [0, 0.1) is 13.8 Å². The summed E-state index contributed by atoms with van der Waals surface area (Å²) in [5.74, 6) is 1.82. The zero-order valence-electron chi connectivity index (χ0n) is 10.6. The van der Waals surface area contributed by atoms with Crippen LogP contribution in [0.2, 0.25) is 0 Å². The molecular formula is C12H19N3O2. The van der Waals surface area contributed by atoms with Crippen LogP contribution in [0.1, 0.15) is 30.2 Å². The largest absolute Gasteiger partial charge is 0.444 e. The number of oxazole rings is 1. The standard InChI is InChI=1S/C12H19N3O2/c1-8-9(2)17-11(14-8)6-13-10-4-5-12(16)15(3)7-10/h10,13H,4-7H2,1-3H3. The van der Waals surface area contributed by atoms with E-state index in [1.54, 1.807) is 4.90 Å². The molecule has 0 aliphatic carbocycles. The fourth-order valence-electron chi connectivity index (χ4n) is 2.03. The lowest BCUT2D eigenvalue weighted by molar-refractivity contribution is -0.132. The van der Waals surface area contributed by atoms with Crippen LogP contribution < -0.4 is 5.32 Å². The van der Waals surface area contributed by atoms with Gasteiger partial charge in [-0.2, -0.15) is 0 Å². The Labute approximate surface area is 101 Å². The van der Waals surface area contributed by atoms with E-state index in [1.165, 1.54) is 0 Å². The number of hydrogen-bond donors (Lipinski definition) is 1. The van der Waals surface area contributed by atoms with Gasteiger partial charge in [0.1, 0.15) is 5.76 Å². The minimum absolute atomic E-state index is 0.228. The van der Waals surface area contributed by atoms with E-state index in [0.29, 0.717) is 19.0 Å². The van der Waals surface area contributed by atoms with E-state index in [4.69, 9.17) is 4.42 Å². The van der Waals surface area contributed by atoms with E-state index in [-0.39, 0.29) is 5.91 Å². The van der Waals surface area contributed by atoms with E-state index < -0.39 is 0 Å². The maximum Gasteiger partial charge on any atom is 0.222 e. The number of likely N-dealkylation sites (N-methyl/N-ethyl adjacent to an activating group) is 1. The molecule has 5 heteroatoms. The van der Waals surface area contributed by atoms with Crippen molar-refractivity contribution in [2.75, 3.05) is 13.6 Å². The Morgan fingerprint density at radius 2 is 2.29 bits per heavy atom. The van der Waals surface area contributed by atoms with Gasteiger partial charge >= 0.3 is 0 Å². The van der Waals surface area contributed by atoms with Crippen molar-refractivity contribution in [3.8, 4) is 0 Å². The summed E-state index contributed by atoms with van der Waals surface area (Å²) in [5.41, 5.74) is 0.942. The van der Waals surface area contributed by atoms with Gasteiger partial charge in [0.2, 0.25) is 11.8 Å². The van der Waals surface area contributed by atoms with Gasteiger partial charge in [0.15, 0.2) is 0 Å². The monoisotopic (exact) mass is 237 g/mol. The molecule has 1 N–H and O–H groups in total. The van der Waals surface area contributed by atoms with Crippen molar-refractivity contribution in [1.82, 2.24) is 15.2 Å². The average molecular weight is 237 g/mol. The van der Waals surface area contributed by atoms with Gasteiger partial charge in [-0.3, -0.25) is 4.79 Å². The second-order valence-electron chi connectivity index (χ2n) is 4.64. The Morgan fingerprint density at radius 1 is 1.53 bits per heavy atom. The molecule has 1 aromatic rings. The van der Waals surface area contributed by atoms with Crippen LogP contribution in [0.5, 0.6) is 0 Å². The SMILES string of the molecule is Cc1nc(CNC2CCC(=O)N(C)C2)oc1C. The van der Waals surface area contributed by atoms with Gasteiger partial charge in [-0.15, -0.1) is 0 Å². The number of nitrogens with zero attached hydrogens (tertiary/aromatic N) is 2. The molecule has 1 atom stereocenters. The highest BCUT2D eigenvalue weighted by molar-refractivity contribution is 5.76. The van der Waals surface area contributed by atoms with Crippen LogP contribution in [-0.4, -0.2) is 35.4 Å². The summed E-state index contributed by atoms with van der Waals surface area (Å²) in [5, 5.41) is 3.38. The van der Waals surface area contributed by atoms with Crippen molar-refractivity contribution in [2.45, 2.75) is 39.3 Å². The third-order valence-corrected chi connectivity index (χ3v) is 3.24. The van der Waals surface area contributed by atoms with Crippen LogP contribution in [-0.2, 0) is 11.3 Å². The minimum atomic E-state index is 0.228. The molecule has 1 aliphatic rings. The van der Waals surface area contributed by atoms with E-state index in [2.05, 4.69) is 10.3 Å². The number of hydrogen-bond acceptors (Lipinski definition) is 4. The normalized spacial score (nSPS) is 21.0. The van der Waals surface area contributed by atoms with Crippen LogP contribution in [0.15, 0.2) is 4.42 Å². The predicted octanol–water partition coefficient (Wildman–Crippen LogP) is 1.00. The topological polar surface area (TPSA) is 58.4 Å². The van der Waals surface area contributed by atoms with E-state index in [9.17, 15) is 4.79 Å². The van der Waals surface area contributed by atoms with Gasteiger partial charge in [-0.05, 0) is 20.3 Å². The van der Waals surface area contributed by atoms with Gasteiger partial charge in [0, 0.05) is 26.1 Å². The highest BCUT2D eigenvalue weighted by atomic mass is 16.4. The molecule has 0 spiro atoms. The number of likely N-dealkylation sites (tertiary alicyclic amines) is 1. The highest BCUT2D eigenvalue weighted by Gasteiger charge is 2.22. The molecule has 0 saturated carbocycles. The lowest BCUT2D eigenvalue weighted by Crippen LogP contribution is -2.46. The smallest absolute Gasteiger partial charge is 0.222 e. The first-order valence-corrected chi connectivity index (χ1v) is 5.96. The quantitative estimate of drug-likeness (QED) is 0.852. The molecule has 0 aromatic carbocycles. The van der Waals surface area contributed by atoms with Crippen LogP contribution in [0.25, 0.3) is 0 Å².